The van der Waals surface area contributed by atoms with Crippen LogP contribution in [0.3, 0.4) is 0 Å². The Morgan fingerprint density at radius 1 is 1.26 bits per heavy atom. The fourth-order valence-electron chi connectivity index (χ4n) is 2.59. The van der Waals surface area contributed by atoms with Gasteiger partial charge in [-0.15, -0.1) is 0 Å². The fourth-order valence-corrected chi connectivity index (χ4v) is 2.59. The van der Waals surface area contributed by atoms with Crippen LogP contribution in [0.15, 0.2) is 42.0 Å². The summed E-state index contributed by atoms with van der Waals surface area (Å²) >= 11 is 0. The van der Waals surface area contributed by atoms with Gasteiger partial charge in [-0.25, -0.2) is 0 Å². The van der Waals surface area contributed by atoms with E-state index in [2.05, 4.69) is 5.32 Å². The monoisotopic (exact) mass is 365 g/mol. The minimum atomic E-state index is -0.751. The molecule has 3 rings (SSSR count). The van der Waals surface area contributed by atoms with Crippen LogP contribution in [0.5, 0.6) is 11.5 Å². The van der Waals surface area contributed by atoms with E-state index in [0.29, 0.717) is 17.9 Å². The molecule has 0 saturated heterocycles. The Morgan fingerprint density at radius 2 is 1.96 bits per heavy atom. The van der Waals surface area contributed by atoms with Crippen LogP contribution in [0.2, 0.25) is 0 Å². The molecule has 1 aliphatic rings. The number of fused-ring (bicyclic) bond motifs is 1. The number of nitrogens with zero attached hydrogens (tertiary/aromatic N) is 2. The van der Waals surface area contributed by atoms with Gasteiger partial charge in [-0.3, -0.25) is 14.9 Å². The van der Waals surface area contributed by atoms with E-state index in [-0.39, 0.29) is 29.3 Å². The van der Waals surface area contributed by atoms with Gasteiger partial charge in [0.25, 0.3) is 11.6 Å². The van der Waals surface area contributed by atoms with Gasteiger partial charge in [0.05, 0.1) is 11.0 Å². The number of rotatable bonds is 4. The van der Waals surface area contributed by atoms with Crippen LogP contribution < -0.4 is 14.8 Å². The van der Waals surface area contributed by atoms with Crippen molar-refractivity contribution in [2.24, 2.45) is 0 Å². The van der Waals surface area contributed by atoms with E-state index in [1.54, 1.807) is 12.1 Å². The first kappa shape index (κ1) is 17.9. The number of nitro benzene ring substituents is 1. The summed E-state index contributed by atoms with van der Waals surface area (Å²) in [6.07, 6.45) is 1.42. The summed E-state index contributed by atoms with van der Waals surface area (Å²) in [5.41, 5.74) is 1.06. The number of nitrogens with one attached hydrogen (secondary N) is 1. The van der Waals surface area contributed by atoms with Crippen molar-refractivity contribution in [3.8, 4) is 17.6 Å². The number of nitro groups is 1. The van der Waals surface area contributed by atoms with Crippen molar-refractivity contribution in [3.63, 3.8) is 0 Å². The molecule has 1 N–H and O–H groups in total. The summed E-state index contributed by atoms with van der Waals surface area (Å²) < 4.78 is 10.7. The van der Waals surface area contributed by atoms with Gasteiger partial charge in [0.2, 0.25) is 0 Å². The highest BCUT2D eigenvalue weighted by molar-refractivity contribution is 6.10. The highest BCUT2D eigenvalue weighted by Crippen LogP contribution is 2.39. The third-order valence-electron chi connectivity index (χ3n) is 3.82. The number of amides is 1. The van der Waals surface area contributed by atoms with Gasteiger partial charge in [-0.1, -0.05) is 29.8 Å². The molecular weight excluding hydrogens is 350 g/mol. The van der Waals surface area contributed by atoms with Crippen LogP contribution in [0.4, 0.5) is 11.4 Å². The van der Waals surface area contributed by atoms with Crippen LogP contribution in [0, 0.1) is 28.4 Å². The molecule has 0 aromatic heterocycles. The van der Waals surface area contributed by atoms with Gasteiger partial charge in [-0.2, -0.15) is 5.26 Å². The second-order valence-electron chi connectivity index (χ2n) is 5.81. The molecule has 0 aliphatic carbocycles. The van der Waals surface area contributed by atoms with Crippen molar-refractivity contribution in [2.75, 3.05) is 18.5 Å². The van der Waals surface area contributed by atoms with Gasteiger partial charge in [0.15, 0.2) is 11.5 Å². The maximum atomic E-state index is 12.5. The summed E-state index contributed by atoms with van der Waals surface area (Å²) in [6, 6.07) is 11.6. The normalized spacial score (nSPS) is 12.8. The maximum Gasteiger partial charge on any atom is 0.296 e. The van der Waals surface area contributed by atoms with E-state index in [0.717, 1.165) is 5.56 Å². The molecule has 0 atom stereocenters. The molecule has 136 valence electrons. The number of carbonyl (C=O) groups excluding carboxylic acids is 1. The Labute approximate surface area is 154 Å². The van der Waals surface area contributed by atoms with Crippen molar-refractivity contribution < 1.29 is 19.2 Å². The Bertz CT molecular complexity index is 991. The number of hydrogen-bond donors (Lipinski definition) is 1. The van der Waals surface area contributed by atoms with E-state index < -0.39 is 10.8 Å². The maximum absolute atomic E-state index is 12.5. The number of carbonyl (C=O) groups is 1. The Kier molecular flexibility index (Phi) is 5.04. The lowest BCUT2D eigenvalue weighted by atomic mass is 10.1. The average Bonchev–Trinajstić information content (AvgIpc) is 2.65. The molecule has 0 unspecified atom stereocenters. The zero-order valence-electron chi connectivity index (χ0n) is 14.4. The summed E-state index contributed by atoms with van der Waals surface area (Å²) in [5, 5.41) is 23.1. The number of ether oxygens (including phenoxy) is 2. The third kappa shape index (κ3) is 4.04. The first-order valence-electron chi connectivity index (χ1n) is 8.06. The second kappa shape index (κ2) is 7.58. The van der Waals surface area contributed by atoms with Gasteiger partial charge in [-0.05, 0) is 18.6 Å². The van der Waals surface area contributed by atoms with Gasteiger partial charge in [0, 0.05) is 6.07 Å². The molecule has 2 aromatic rings. The van der Waals surface area contributed by atoms with E-state index in [4.69, 9.17) is 9.47 Å². The summed E-state index contributed by atoms with van der Waals surface area (Å²) in [5.74, 6) is -0.219. The van der Waals surface area contributed by atoms with Crippen LogP contribution in [-0.2, 0) is 4.79 Å². The second-order valence-corrected chi connectivity index (χ2v) is 5.81. The summed E-state index contributed by atoms with van der Waals surface area (Å²) in [4.78, 5) is 23.2. The van der Waals surface area contributed by atoms with Crippen molar-refractivity contribution >= 4 is 23.4 Å². The number of anilines is 1. The van der Waals surface area contributed by atoms with Gasteiger partial charge in [0.1, 0.15) is 30.5 Å². The topological polar surface area (TPSA) is 114 Å². The minimum absolute atomic E-state index is 0.0698. The molecule has 0 spiro atoms. The molecule has 1 heterocycles. The van der Waals surface area contributed by atoms with Crippen molar-refractivity contribution in [3.05, 3.63) is 63.2 Å². The lowest BCUT2D eigenvalue weighted by molar-refractivity contribution is -0.384. The summed E-state index contributed by atoms with van der Waals surface area (Å²) in [6.45, 7) is 2.48. The lowest BCUT2D eigenvalue weighted by Crippen LogP contribution is -2.18. The molecule has 0 bridgehead atoms. The predicted molar refractivity (Wildman–Crippen MR) is 97.5 cm³/mol. The zero-order chi connectivity index (χ0) is 19.4. The number of benzene rings is 2. The highest BCUT2D eigenvalue weighted by atomic mass is 16.6. The third-order valence-corrected chi connectivity index (χ3v) is 3.82. The van der Waals surface area contributed by atoms with Gasteiger partial charge < -0.3 is 14.8 Å². The number of hydrogen-bond acceptors (Lipinski definition) is 6. The Hall–Kier alpha value is -3.86. The summed E-state index contributed by atoms with van der Waals surface area (Å²) in [7, 11) is 0. The van der Waals surface area contributed by atoms with Crippen LogP contribution >= 0.6 is 0 Å². The van der Waals surface area contributed by atoms with Gasteiger partial charge >= 0.3 is 0 Å². The van der Waals surface area contributed by atoms with E-state index in [9.17, 15) is 20.2 Å². The van der Waals surface area contributed by atoms with Crippen molar-refractivity contribution in [2.45, 2.75) is 6.92 Å². The molecule has 1 amide bonds. The predicted octanol–water partition coefficient (Wildman–Crippen LogP) is 3.22. The number of nitriles is 1. The van der Waals surface area contributed by atoms with Crippen LogP contribution in [0.25, 0.3) is 6.08 Å². The largest absolute Gasteiger partial charge is 0.486 e. The zero-order valence-corrected chi connectivity index (χ0v) is 14.4. The average molecular weight is 365 g/mol. The number of aryl methyl sites for hydroxylation is 1. The first-order chi connectivity index (χ1) is 13.0. The van der Waals surface area contributed by atoms with Crippen LogP contribution in [-0.4, -0.2) is 24.0 Å². The molecule has 8 nitrogen and oxygen atoms in total. The standard InChI is InChI=1S/C19H15N3O5/c1-12-3-2-4-13(7-12)8-14(11-20)19(23)21-15-9-17-18(27-6-5-26-17)10-16(15)22(24)25/h2-4,7-10H,5-6H2,1H3,(H,21,23)/b14-8+. The fraction of sp³-hybridized carbons (Fsp3) is 0.158. The lowest BCUT2D eigenvalue weighted by Gasteiger charge is -2.19. The highest BCUT2D eigenvalue weighted by Gasteiger charge is 2.24. The quantitative estimate of drug-likeness (QED) is 0.385. The van der Waals surface area contributed by atoms with E-state index in [1.807, 2.05) is 25.1 Å². The SMILES string of the molecule is Cc1cccc(/C=C(\C#N)C(=O)Nc2cc3c(cc2[N+](=O)[O-])OCCO3)c1. The van der Waals surface area contributed by atoms with Crippen molar-refractivity contribution in [1.29, 1.82) is 5.26 Å². The molecule has 1 aliphatic heterocycles. The van der Waals surface area contributed by atoms with E-state index >= 15 is 0 Å². The van der Waals surface area contributed by atoms with Crippen molar-refractivity contribution in [1.82, 2.24) is 0 Å². The molecule has 0 fully saturated rings. The molecule has 8 heteroatoms. The van der Waals surface area contributed by atoms with E-state index in [1.165, 1.54) is 18.2 Å². The molecule has 27 heavy (non-hydrogen) atoms. The Morgan fingerprint density at radius 3 is 2.59 bits per heavy atom. The Balaban J connectivity index is 1.92. The first-order valence-corrected chi connectivity index (χ1v) is 8.06. The minimum Gasteiger partial charge on any atom is -0.486 e. The molecular formula is C19H15N3O5. The molecule has 0 saturated carbocycles. The smallest absolute Gasteiger partial charge is 0.296 e. The van der Waals surface area contributed by atoms with Crippen LogP contribution in [0.1, 0.15) is 11.1 Å². The molecule has 2 aromatic carbocycles. The molecule has 0 radical (unpaired) electrons.